The summed E-state index contributed by atoms with van der Waals surface area (Å²) in [4.78, 5) is 13.1. The van der Waals surface area contributed by atoms with Crippen LogP contribution in [0, 0.1) is 0 Å². The highest BCUT2D eigenvalue weighted by Crippen LogP contribution is 2.27. The van der Waals surface area contributed by atoms with Crippen LogP contribution in [0.5, 0.6) is 5.75 Å². The van der Waals surface area contributed by atoms with Crippen LogP contribution in [0.15, 0.2) is 91.0 Å². The molecule has 1 amide bonds. The van der Waals surface area contributed by atoms with Crippen LogP contribution >= 0.6 is 11.6 Å². The summed E-state index contributed by atoms with van der Waals surface area (Å²) in [5.74, 6) is 0.333. The zero-order chi connectivity index (χ0) is 25.6. The second-order valence-electron chi connectivity index (χ2n) is 8.00. The number of halogens is 1. The van der Waals surface area contributed by atoms with E-state index in [2.05, 4.69) is 31.2 Å². The summed E-state index contributed by atoms with van der Waals surface area (Å²) in [5.41, 5.74) is 4.08. The van der Waals surface area contributed by atoms with Gasteiger partial charge in [-0.3, -0.25) is 4.79 Å². The lowest BCUT2D eigenvalue weighted by atomic mass is 10.1. The average Bonchev–Trinajstić information content (AvgIpc) is 3.62. The lowest BCUT2D eigenvalue weighted by Gasteiger charge is -2.11. The minimum absolute atomic E-state index is 0.266. The first-order valence-electron chi connectivity index (χ1n) is 11.2. The number of amides is 1. The lowest BCUT2D eigenvalue weighted by molar-refractivity contribution is 0.0965. The number of allylic oxidation sites excluding steroid dienone is 1. The van der Waals surface area contributed by atoms with E-state index in [1.54, 1.807) is 66.7 Å². The van der Waals surface area contributed by atoms with Gasteiger partial charge in [-0.15, -0.1) is 10.2 Å². The molecule has 10 nitrogen and oxygen atoms in total. The van der Waals surface area contributed by atoms with Crippen LogP contribution in [0.25, 0.3) is 23.1 Å². The van der Waals surface area contributed by atoms with Crippen molar-refractivity contribution in [1.29, 1.82) is 0 Å². The van der Waals surface area contributed by atoms with E-state index in [0.717, 1.165) is 5.56 Å². The van der Waals surface area contributed by atoms with E-state index < -0.39 is 0 Å². The van der Waals surface area contributed by atoms with Crippen molar-refractivity contribution in [2.75, 3.05) is 7.11 Å². The van der Waals surface area contributed by atoms with Gasteiger partial charge in [-0.25, -0.2) is 4.68 Å². The van der Waals surface area contributed by atoms with E-state index in [9.17, 15) is 4.79 Å². The molecule has 0 aliphatic carbocycles. The smallest absolute Gasteiger partial charge is 0.255 e. The van der Waals surface area contributed by atoms with Gasteiger partial charge in [0.2, 0.25) is 0 Å². The van der Waals surface area contributed by atoms with Gasteiger partial charge in [-0.2, -0.15) is 4.68 Å². The second-order valence-corrected chi connectivity index (χ2v) is 8.44. The Morgan fingerprint density at radius 1 is 1.05 bits per heavy atom. The molecule has 184 valence electrons. The molecule has 5 rings (SSSR count). The molecule has 0 fully saturated rings. The fourth-order valence-electron chi connectivity index (χ4n) is 3.73. The Balaban J connectivity index is 1.47. The first kappa shape index (κ1) is 23.9. The fourth-order valence-corrected chi connectivity index (χ4v) is 3.90. The first-order chi connectivity index (χ1) is 18.1. The molecular weight excluding hydrogens is 492 g/mol. The molecule has 37 heavy (non-hydrogen) atoms. The number of carbonyl (C=O) groups excluding carboxylic acids is 1. The molecule has 0 saturated carbocycles. The molecule has 11 heteroatoms. The van der Waals surface area contributed by atoms with Crippen LogP contribution < -0.4 is 10.1 Å². The predicted octanol–water partition coefficient (Wildman–Crippen LogP) is 4.05. The zero-order valence-electron chi connectivity index (χ0n) is 19.7. The number of hydrogen-bond acceptors (Lipinski definition) is 7. The van der Waals surface area contributed by atoms with E-state index in [0.29, 0.717) is 45.4 Å². The second kappa shape index (κ2) is 10.8. The molecule has 1 N–H and O–H groups in total. The van der Waals surface area contributed by atoms with Gasteiger partial charge in [0.05, 0.1) is 19.0 Å². The minimum atomic E-state index is -0.266. The van der Waals surface area contributed by atoms with Crippen molar-refractivity contribution in [2.45, 2.75) is 6.42 Å². The van der Waals surface area contributed by atoms with Crippen LogP contribution in [0.3, 0.4) is 0 Å². The minimum Gasteiger partial charge on any atom is -0.497 e. The molecule has 0 bridgehead atoms. The number of nitrogens with one attached hydrogen (secondary N) is 1. The van der Waals surface area contributed by atoms with Gasteiger partial charge >= 0.3 is 0 Å². The first-order valence-corrected chi connectivity index (χ1v) is 11.6. The largest absolute Gasteiger partial charge is 0.497 e. The Kier molecular flexibility index (Phi) is 7.00. The summed E-state index contributed by atoms with van der Waals surface area (Å²) in [6.45, 7) is 0. The Bertz CT molecular complexity index is 1550. The molecule has 0 spiro atoms. The lowest BCUT2D eigenvalue weighted by Crippen LogP contribution is -2.24. The number of ether oxygens (including phenoxy) is 1. The number of nitrogens with zero attached hydrogens (tertiary/aromatic N) is 7. The van der Waals surface area contributed by atoms with Gasteiger partial charge < -0.3 is 10.1 Å². The molecule has 5 aromatic rings. The van der Waals surface area contributed by atoms with Crippen LogP contribution in [0.1, 0.15) is 15.9 Å². The topological polar surface area (TPSA) is 113 Å². The fraction of sp³-hybridized carbons (Fsp3) is 0.0769. The third-order valence-electron chi connectivity index (χ3n) is 5.47. The third-order valence-corrected chi connectivity index (χ3v) is 5.71. The monoisotopic (exact) mass is 512 g/mol. The maximum Gasteiger partial charge on any atom is 0.255 e. The highest BCUT2D eigenvalue weighted by molar-refractivity contribution is 6.31. The van der Waals surface area contributed by atoms with E-state index in [4.69, 9.17) is 16.3 Å². The van der Waals surface area contributed by atoms with Gasteiger partial charge in [-0.05, 0) is 52.4 Å². The van der Waals surface area contributed by atoms with E-state index >= 15 is 0 Å². The summed E-state index contributed by atoms with van der Waals surface area (Å²) in [7, 11) is 1.56. The Morgan fingerprint density at radius 2 is 1.92 bits per heavy atom. The quantitative estimate of drug-likeness (QED) is 0.333. The van der Waals surface area contributed by atoms with Crippen LogP contribution in [-0.2, 0) is 6.42 Å². The number of benzene rings is 3. The summed E-state index contributed by atoms with van der Waals surface area (Å²) in [5, 5.41) is 23.5. The number of methoxy groups -OCH3 is 1. The van der Waals surface area contributed by atoms with Gasteiger partial charge in [0.25, 0.3) is 5.91 Å². The molecule has 0 atom stereocenters. The van der Waals surface area contributed by atoms with E-state index in [1.807, 2.05) is 30.3 Å². The molecule has 0 radical (unpaired) electrons. The van der Waals surface area contributed by atoms with Crippen molar-refractivity contribution >= 4 is 23.7 Å². The van der Waals surface area contributed by atoms with Crippen molar-refractivity contribution in [2.24, 2.45) is 0 Å². The summed E-state index contributed by atoms with van der Waals surface area (Å²) in [6.07, 6.45) is 5.42. The number of rotatable bonds is 8. The zero-order valence-corrected chi connectivity index (χ0v) is 20.4. The van der Waals surface area contributed by atoms with E-state index in [1.165, 1.54) is 11.0 Å². The highest BCUT2D eigenvalue weighted by Gasteiger charge is 2.14. The van der Waals surface area contributed by atoms with Crippen LogP contribution in [-0.4, -0.2) is 48.2 Å². The molecular formula is C26H21ClN8O2. The normalized spacial score (nSPS) is 11.4. The number of tetrazole rings is 1. The number of hydrogen-bond donors (Lipinski definition) is 1. The number of aromatic nitrogens is 7. The van der Waals surface area contributed by atoms with Crippen molar-refractivity contribution in [3.05, 3.63) is 107 Å². The van der Waals surface area contributed by atoms with Crippen LogP contribution in [0.4, 0.5) is 0 Å². The van der Waals surface area contributed by atoms with Crippen LogP contribution in [0.2, 0.25) is 5.02 Å². The van der Waals surface area contributed by atoms with Gasteiger partial charge in [0.15, 0.2) is 0 Å². The summed E-state index contributed by atoms with van der Waals surface area (Å²) in [6, 6.07) is 22.1. The van der Waals surface area contributed by atoms with Gasteiger partial charge in [0, 0.05) is 34.5 Å². The molecule has 2 heterocycles. The highest BCUT2D eigenvalue weighted by atomic mass is 35.5. The van der Waals surface area contributed by atoms with Crippen molar-refractivity contribution in [3.63, 3.8) is 0 Å². The predicted molar refractivity (Wildman–Crippen MR) is 138 cm³/mol. The third kappa shape index (κ3) is 5.71. The van der Waals surface area contributed by atoms with Gasteiger partial charge in [0.1, 0.15) is 17.8 Å². The maximum atomic E-state index is 13.1. The average molecular weight is 513 g/mol. The molecule has 2 aromatic heterocycles. The molecule has 3 aromatic carbocycles. The molecule has 0 saturated heterocycles. The Morgan fingerprint density at radius 3 is 2.70 bits per heavy atom. The Hall–Kier alpha value is -4.83. The Labute approximate surface area is 217 Å². The van der Waals surface area contributed by atoms with Crippen molar-refractivity contribution < 1.29 is 9.53 Å². The van der Waals surface area contributed by atoms with E-state index in [-0.39, 0.29) is 5.91 Å². The van der Waals surface area contributed by atoms with Crippen molar-refractivity contribution in [1.82, 2.24) is 40.5 Å². The summed E-state index contributed by atoms with van der Waals surface area (Å²) >= 11 is 6.26. The number of carbonyl (C=O) groups is 1. The van der Waals surface area contributed by atoms with Gasteiger partial charge in [-0.1, -0.05) is 53.2 Å². The van der Waals surface area contributed by atoms with Crippen molar-refractivity contribution in [3.8, 4) is 22.7 Å². The summed E-state index contributed by atoms with van der Waals surface area (Å²) < 4.78 is 8.32. The maximum absolute atomic E-state index is 13.1. The molecule has 0 unspecified atom stereocenters. The SMILES string of the molecule is COc1cccc(C(=O)NC(=Cn2cc(-c3cc(Cl)ccc3-n3cnnn3)nn2)Cc2ccccc2)c1. The standard InChI is InChI=1S/C26H21ClN8O2/c1-37-22-9-5-8-19(13-22)26(36)29-21(12-18-6-3-2-4-7-18)15-34-16-24(30-32-34)23-14-20(27)10-11-25(23)35-17-28-31-33-35/h2-11,13-17H,12H2,1H3,(H,29,36). The molecule has 0 aliphatic rings. The molecule has 0 aliphatic heterocycles.